The molecule has 1 atom stereocenters. The van der Waals surface area contributed by atoms with E-state index in [4.69, 9.17) is 9.47 Å². The van der Waals surface area contributed by atoms with Gasteiger partial charge in [0.25, 0.3) is 0 Å². The number of benzene rings is 1. The summed E-state index contributed by atoms with van der Waals surface area (Å²) in [6, 6.07) is 6.61. The van der Waals surface area contributed by atoms with Crippen LogP contribution in [0.2, 0.25) is 0 Å². The van der Waals surface area contributed by atoms with Crippen LogP contribution in [0.25, 0.3) is 0 Å². The molecule has 0 aromatic heterocycles. The van der Waals surface area contributed by atoms with Gasteiger partial charge in [0.05, 0.1) is 13.7 Å². The number of methoxy groups -OCH3 is 1. The average Bonchev–Trinajstić information content (AvgIpc) is 2.70. The fourth-order valence-corrected chi connectivity index (χ4v) is 2.83. The smallest absolute Gasteiger partial charge is 0.163 e. The first-order valence-corrected chi connectivity index (χ1v) is 7.14. The minimum atomic E-state index is 0.367. The van der Waals surface area contributed by atoms with Crippen molar-refractivity contribution in [2.75, 3.05) is 19.0 Å². The molecule has 1 saturated carbocycles. The third kappa shape index (κ3) is 3.14. The summed E-state index contributed by atoms with van der Waals surface area (Å²) in [5.41, 5.74) is 1.48. The van der Waals surface area contributed by atoms with E-state index >= 15 is 0 Å². The Morgan fingerprint density at radius 3 is 2.68 bits per heavy atom. The van der Waals surface area contributed by atoms with Gasteiger partial charge in [-0.2, -0.15) is 0 Å². The Hall–Kier alpha value is -1.38. The van der Waals surface area contributed by atoms with Crippen molar-refractivity contribution < 1.29 is 9.47 Å². The van der Waals surface area contributed by atoms with E-state index in [1.165, 1.54) is 19.3 Å². The Kier molecular flexibility index (Phi) is 4.23. The molecule has 0 aliphatic heterocycles. The summed E-state index contributed by atoms with van der Waals surface area (Å²) >= 11 is 0. The Bertz CT molecular complexity index is 429. The minimum Gasteiger partial charge on any atom is -0.493 e. The molecule has 2 rings (SSSR count). The van der Waals surface area contributed by atoms with Gasteiger partial charge in [0.1, 0.15) is 0 Å². The van der Waals surface area contributed by atoms with Crippen molar-refractivity contribution in [3.05, 3.63) is 18.2 Å². The Morgan fingerprint density at radius 2 is 2.11 bits per heavy atom. The monoisotopic (exact) mass is 263 g/mol. The first kappa shape index (κ1) is 14.0. The fraction of sp³-hybridized carbons (Fsp3) is 0.625. The number of rotatable bonds is 5. The molecule has 3 heteroatoms. The Morgan fingerprint density at radius 1 is 1.32 bits per heavy atom. The van der Waals surface area contributed by atoms with E-state index in [0.717, 1.165) is 17.2 Å². The van der Waals surface area contributed by atoms with E-state index in [-0.39, 0.29) is 0 Å². The molecular weight excluding hydrogens is 238 g/mol. The van der Waals surface area contributed by atoms with E-state index in [0.29, 0.717) is 18.1 Å². The molecule has 0 radical (unpaired) electrons. The predicted molar refractivity (Wildman–Crippen MR) is 79.2 cm³/mol. The fourth-order valence-electron chi connectivity index (χ4n) is 2.83. The third-order valence-corrected chi connectivity index (χ3v) is 4.06. The zero-order valence-corrected chi connectivity index (χ0v) is 12.5. The second-order valence-electron chi connectivity index (χ2n) is 5.88. The van der Waals surface area contributed by atoms with E-state index < -0.39 is 0 Å². The maximum Gasteiger partial charge on any atom is 0.163 e. The standard InChI is InChI=1S/C16H25NO2/c1-5-19-14-11-12(8-9-13(14)18-4)17-15-7-6-10-16(15,2)3/h8-9,11,15,17H,5-7,10H2,1-4H3. The van der Waals surface area contributed by atoms with Crippen LogP contribution in [0.15, 0.2) is 18.2 Å². The molecule has 19 heavy (non-hydrogen) atoms. The van der Waals surface area contributed by atoms with Crippen LogP contribution in [0, 0.1) is 5.41 Å². The van der Waals surface area contributed by atoms with Crippen molar-refractivity contribution in [2.24, 2.45) is 5.41 Å². The molecule has 1 N–H and O–H groups in total. The molecule has 0 amide bonds. The van der Waals surface area contributed by atoms with E-state index in [2.05, 4.69) is 25.2 Å². The van der Waals surface area contributed by atoms with Crippen molar-refractivity contribution >= 4 is 5.69 Å². The zero-order valence-electron chi connectivity index (χ0n) is 12.5. The van der Waals surface area contributed by atoms with Crippen molar-refractivity contribution in [1.29, 1.82) is 0 Å². The quantitative estimate of drug-likeness (QED) is 0.868. The highest BCUT2D eigenvalue weighted by molar-refractivity contribution is 5.55. The normalized spacial score (nSPS) is 21.2. The first-order valence-electron chi connectivity index (χ1n) is 7.14. The summed E-state index contributed by atoms with van der Waals surface area (Å²) < 4.78 is 10.9. The molecule has 1 aromatic rings. The van der Waals surface area contributed by atoms with Crippen LogP contribution in [-0.4, -0.2) is 19.8 Å². The van der Waals surface area contributed by atoms with Gasteiger partial charge in [-0.3, -0.25) is 0 Å². The zero-order chi connectivity index (χ0) is 13.9. The Labute approximate surface area is 116 Å². The topological polar surface area (TPSA) is 30.5 Å². The summed E-state index contributed by atoms with van der Waals surface area (Å²) in [6.45, 7) is 7.31. The van der Waals surface area contributed by atoms with Gasteiger partial charge in [-0.15, -0.1) is 0 Å². The molecule has 1 unspecified atom stereocenters. The van der Waals surface area contributed by atoms with Crippen LogP contribution in [0.1, 0.15) is 40.0 Å². The second-order valence-corrected chi connectivity index (χ2v) is 5.88. The van der Waals surface area contributed by atoms with Gasteiger partial charge in [-0.25, -0.2) is 0 Å². The summed E-state index contributed by atoms with van der Waals surface area (Å²) in [6.07, 6.45) is 3.83. The van der Waals surface area contributed by atoms with Gasteiger partial charge >= 0.3 is 0 Å². The lowest BCUT2D eigenvalue weighted by Crippen LogP contribution is -2.30. The predicted octanol–water partition coefficient (Wildman–Crippen LogP) is 4.08. The number of nitrogens with one attached hydrogen (secondary N) is 1. The summed E-state index contributed by atoms with van der Waals surface area (Å²) in [4.78, 5) is 0. The van der Waals surface area contributed by atoms with Crippen LogP contribution in [0.3, 0.4) is 0 Å². The highest BCUT2D eigenvalue weighted by Gasteiger charge is 2.34. The van der Waals surface area contributed by atoms with Crippen LogP contribution >= 0.6 is 0 Å². The molecule has 1 aromatic carbocycles. The average molecular weight is 263 g/mol. The van der Waals surface area contributed by atoms with Crippen LogP contribution in [0.5, 0.6) is 11.5 Å². The second kappa shape index (κ2) is 5.72. The van der Waals surface area contributed by atoms with Crippen molar-refractivity contribution in [3.8, 4) is 11.5 Å². The van der Waals surface area contributed by atoms with Gasteiger partial charge in [0, 0.05) is 17.8 Å². The lowest BCUT2D eigenvalue weighted by atomic mass is 9.87. The number of anilines is 1. The molecule has 1 aliphatic carbocycles. The van der Waals surface area contributed by atoms with Crippen LogP contribution in [-0.2, 0) is 0 Å². The summed E-state index contributed by atoms with van der Waals surface area (Å²) in [5, 5.41) is 3.65. The highest BCUT2D eigenvalue weighted by Crippen LogP contribution is 2.40. The van der Waals surface area contributed by atoms with E-state index in [9.17, 15) is 0 Å². The largest absolute Gasteiger partial charge is 0.493 e. The Balaban J connectivity index is 2.14. The van der Waals surface area contributed by atoms with Crippen molar-refractivity contribution in [2.45, 2.75) is 46.1 Å². The lowest BCUT2D eigenvalue weighted by Gasteiger charge is -2.29. The summed E-state index contributed by atoms with van der Waals surface area (Å²) in [7, 11) is 1.67. The maximum absolute atomic E-state index is 5.62. The number of hydrogen-bond acceptors (Lipinski definition) is 3. The van der Waals surface area contributed by atoms with Crippen molar-refractivity contribution in [1.82, 2.24) is 0 Å². The van der Waals surface area contributed by atoms with Crippen molar-refractivity contribution in [3.63, 3.8) is 0 Å². The van der Waals surface area contributed by atoms with Gasteiger partial charge < -0.3 is 14.8 Å². The maximum atomic E-state index is 5.62. The molecule has 0 spiro atoms. The number of ether oxygens (including phenoxy) is 2. The van der Waals surface area contributed by atoms with E-state index in [1.807, 2.05) is 19.1 Å². The molecule has 1 aliphatic rings. The van der Waals surface area contributed by atoms with Crippen LogP contribution in [0.4, 0.5) is 5.69 Å². The molecule has 106 valence electrons. The van der Waals surface area contributed by atoms with Crippen LogP contribution < -0.4 is 14.8 Å². The molecule has 0 saturated heterocycles. The molecule has 0 bridgehead atoms. The van der Waals surface area contributed by atoms with Gasteiger partial charge in [-0.1, -0.05) is 20.3 Å². The number of hydrogen-bond donors (Lipinski definition) is 1. The van der Waals surface area contributed by atoms with Gasteiger partial charge in [-0.05, 0) is 37.3 Å². The minimum absolute atomic E-state index is 0.367. The molecular formula is C16H25NO2. The highest BCUT2D eigenvalue weighted by atomic mass is 16.5. The van der Waals surface area contributed by atoms with E-state index in [1.54, 1.807) is 7.11 Å². The lowest BCUT2D eigenvalue weighted by molar-refractivity contribution is 0.311. The first-order chi connectivity index (χ1) is 9.06. The van der Waals surface area contributed by atoms with Gasteiger partial charge in [0.2, 0.25) is 0 Å². The molecule has 3 nitrogen and oxygen atoms in total. The molecule has 0 heterocycles. The molecule has 1 fully saturated rings. The summed E-state index contributed by atoms with van der Waals surface area (Å²) in [5.74, 6) is 1.60. The van der Waals surface area contributed by atoms with Gasteiger partial charge in [0.15, 0.2) is 11.5 Å². The third-order valence-electron chi connectivity index (χ3n) is 4.06. The SMILES string of the molecule is CCOc1cc(NC2CCCC2(C)C)ccc1OC.